The Morgan fingerprint density at radius 3 is 1.48 bits per heavy atom. The van der Waals surface area contributed by atoms with E-state index in [1.807, 2.05) is 20.9 Å². The number of amides is 4. The molecule has 4 amide bonds. The maximum atomic E-state index is 11.2. The first-order chi connectivity index (χ1) is 11.0. The predicted molar refractivity (Wildman–Crippen MR) is 82.2 cm³/mol. The minimum atomic E-state index is -1.02. The summed E-state index contributed by atoms with van der Waals surface area (Å²) in [5.41, 5.74) is 0.544. The summed E-state index contributed by atoms with van der Waals surface area (Å²) in [5.74, 6) is -1.81. The third-order valence-corrected chi connectivity index (χ3v) is 2.05. The van der Waals surface area contributed by atoms with Crippen LogP contribution in [0.15, 0.2) is 0 Å². The zero-order valence-corrected chi connectivity index (χ0v) is 12.6. The Morgan fingerprint density at radius 2 is 1.13 bits per heavy atom. The lowest BCUT2D eigenvalue weighted by molar-refractivity contribution is 0.213. The fourth-order valence-corrected chi connectivity index (χ4v) is 1.06. The van der Waals surface area contributed by atoms with Gasteiger partial charge in [0.1, 0.15) is 24.1 Å². The van der Waals surface area contributed by atoms with Crippen LogP contribution < -0.4 is 20.9 Å². The summed E-state index contributed by atoms with van der Waals surface area (Å²) in [7, 11) is 2.11. The molecule has 4 N–H and O–H groups in total. The summed E-state index contributed by atoms with van der Waals surface area (Å²) in [6, 6.07) is 0. The van der Waals surface area contributed by atoms with Gasteiger partial charge in [0.15, 0.2) is 11.6 Å². The lowest BCUT2D eigenvalue weighted by atomic mass is 9.74. The zero-order chi connectivity index (χ0) is 17.5. The molecule has 0 fully saturated rings. The van der Waals surface area contributed by atoms with E-state index in [1.165, 1.54) is 0 Å². The third kappa shape index (κ3) is 13.1. The molecule has 0 aromatic carbocycles. The molecule has 12 nitrogen and oxygen atoms in total. The highest BCUT2D eigenvalue weighted by atomic mass is 32.2. The van der Waals surface area contributed by atoms with E-state index in [9.17, 15) is 28.8 Å². The molecule has 119 valence electrons. The lowest BCUT2D eigenvalue weighted by Gasteiger charge is -2.05. The molecule has 0 aromatic heterocycles. The van der Waals surface area contributed by atoms with E-state index in [1.54, 1.807) is 0 Å². The minimum Gasteiger partial charge on any atom is -0.391 e. The lowest BCUT2D eigenvalue weighted by Crippen LogP contribution is -2.47. The SMILES string of the molecule is O=CSOC(=O)N[B]NC(=O)[B]C(=O)N[B]NC(=O)OSC=O. The van der Waals surface area contributed by atoms with Crippen LogP contribution in [0.4, 0.5) is 19.2 Å². The molecule has 23 heavy (non-hydrogen) atoms. The molecule has 0 aliphatic carbocycles. The quantitative estimate of drug-likeness (QED) is 0.201. The van der Waals surface area contributed by atoms with Gasteiger partial charge in [0, 0.05) is 0 Å². The Hall–Kier alpha value is -2.29. The fourth-order valence-electron chi connectivity index (χ4n) is 0.709. The Balaban J connectivity index is 3.71. The normalized spacial score (nSPS) is 8.52. The van der Waals surface area contributed by atoms with Crippen molar-refractivity contribution in [2.24, 2.45) is 0 Å². The van der Waals surface area contributed by atoms with E-state index in [0.29, 0.717) is 7.28 Å². The van der Waals surface area contributed by atoms with Crippen LogP contribution in [0.5, 0.6) is 0 Å². The van der Waals surface area contributed by atoms with Crippen LogP contribution in [0.3, 0.4) is 0 Å². The Bertz CT molecular complexity index is 429. The second-order valence-electron chi connectivity index (χ2n) is 2.87. The molecule has 0 bridgehead atoms. The van der Waals surface area contributed by atoms with Gasteiger partial charge in [-0.1, -0.05) is 0 Å². The van der Waals surface area contributed by atoms with Crippen LogP contribution >= 0.6 is 24.1 Å². The molecule has 0 saturated carbocycles. The van der Waals surface area contributed by atoms with Gasteiger partial charge in [-0.05, 0) is 0 Å². The minimum absolute atomic E-state index is 0.235. The van der Waals surface area contributed by atoms with Gasteiger partial charge in [-0.25, -0.2) is 9.59 Å². The van der Waals surface area contributed by atoms with Crippen molar-refractivity contribution in [2.45, 2.75) is 0 Å². The average Bonchev–Trinajstić information content (AvgIpc) is 2.50. The summed E-state index contributed by atoms with van der Waals surface area (Å²) < 4.78 is 8.41. The Morgan fingerprint density at radius 1 is 0.739 bits per heavy atom. The molecule has 0 heterocycles. The van der Waals surface area contributed by atoms with Crippen LogP contribution in [0, 0.1) is 0 Å². The van der Waals surface area contributed by atoms with Crippen molar-refractivity contribution in [1.82, 2.24) is 20.9 Å². The summed E-state index contributed by atoms with van der Waals surface area (Å²) >= 11 is 0.470. The molecule has 3 radical (unpaired) electrons. The van der Waals surface area contributed by atoms with Crippen molar-refractivity contribution in [3.63, 3.8) is 0 Å². The van der Waals surface area contributed by atoms with Crippen LogP contribution in [0.2, 0.25) is 0 Å². The Labute approximate surface area is 140 Å². The summed E-state index contributed by atoms with van der Waals surface area (Å²) in [6.45, 7) is 0. The molecule has 0 aromatic rings. The largest absolute Gasteiger partial charge is 0.408 e. The highest BCUT2D eigenvalue weighted by Crippen LogP contribution is 1.95. The van der Waals surface area contributed by atoms with Crippen LogP contribution in [-0.4, -0.2) is 57.4 Å². The van der Waals surface area contributed by atoms with Gasteiger partial charge >= 0.3 is 34.6 Å². The van der Waals surface area contributed by atoms with Gasteiger partial charge in [-0.2, -0.15) is 0 Å². The maximum Gasteiger partial charge on any atom is 0.408 e. The standard InChI is InChI=1S/C6H6B3N4O8S2/c14-1-22-20-5(18)12-8-10-3(16)7-4(17)11-9-13-6(19)21-23-2-15/h1-2H,(H,10,16)(H,11,17)(H,12,18)(H,13,19). The van der Waals surface area contributed by atoms with Crippen molar-refractivity contribution < 1.29 is 37.1 Å². The van der Waals surface area contributed by atoms with Gasteiger partial charge in [0.2, 0.25) is 11.2 Å². The Kier molecular flexibility index (Phi) is 12.1. The number of carbonyl (C=O) groups excluding carboxylic acids is 6. The molecule has 17 heteroatoms. The van der Waals surface area contributed by atoms with Gasteiger partial charge in [-0.15, -0.1) is 0 Å². The molecular weight excluding hydrogens is 353 g/mol. The molecule has 0 aliphatic rings. The molecular formula is C6H6B3N4O8S2. The van der Waals surface area contributed by atoms with E-state index in [0.717, 1.165) is 15.1 Å². The third-order valence-electron chi connectivity index (χ3n) is 1.40. The first kappa shape index (κ1) is 20.7. The maximum absolute atomic E-state index is 11.2. The number of hydrogen-bond donors (Lipinski definition) is 4. The average molecular weight is 359 g/mol. The summed E-state index contributed by atoms with van der Waals surface area (Å²) in [5, 5.41) is 7.86. The van der Waals surface area contributed by atoms with Crippen molar-refractivity contribution in [1.29, 1.82) is 0 Å². The molecule has 0 unspecified atom stereocenters. The van der Waals surface area contributed by atoms with Crippen molar-refractivity contribution in [2.75, 3.05) is 0 Å². The molecule has 0 aliphatic heterocycles. The van der Waals surface area contributed by atoms with E-state index < -0.39 is 23.8 Å². The first-order valence-corrected chi connectivity index (χ1v) is 6.84. The second-order valence-corrected chi connectivity index (χ2v) is 3.97. The second kappa shape index (κ2) is 13.4. The first-order valence-electron chi connectivity index (χ1n) is 5.23. The van der Waals surface area contributed by atoms with Gasteiger partial charge in [-0.3, -0.25) is 19.2 Å². The highest BCUT2D eigenvalue weighted by Gasteiger charge is 2.14. The van der Waals surface area contributed by atoms with Crippen molar-refractivity contribution in [3.05, 3.63) is 0 Å². The molecule has 0 atom stereocenters. The molecule has 0 saturated heterocycles. The van der Waals surface area contributed by atoms with Gasteiger partial charge in [0.05, 0.1) is 0 Å². The molecule has 0 rings (SSSR count). The van der Waals surface area contributed by atoms with E-state index in [-0.39, 0.29) is 35.3 Å². The number of nitrogens with one attached hydrogen (secondary N) is 4. The van der Waals surface area contributed by atoms with Gasteiger partial charge < -0.3 is 29.3 Å². The van der Waals surface area contributed by atoms with Gasteiger partial charge in [0.25, 0.3) is 0 Å². The summed E-state index contributed by atoms with van der Waals surface area (Å²) in [6.07, 6.45) is -2.04. The smallest absolute Gasteiger partial charge is 0.391 e. The molecule has 0 spiro atoms. The number of carbonyl (C=O) groups is 6. The van der Waals surface area contributed by atoms with Crippen LogP contribution in [0.25, 0.3) is 0 Å². The number of rotatable bonds is 10. The summed E-state index contributed by atoms with van der Waals surface area (Å²) in [4.78, 5) is 63.8. The van der Waals surface area contributed by atoms with Crippen LogP contribution in [0.1, 0.15) is 0 Å². The predicted octanol–water partition coefficient (Wildman–Crippen LogP) is -1.69. The van der Waals surface area contributed by atoms with E-state index in [4.69, 9.17) is 0 Å². The zero-order valence-electron chi connectivity index (χ0n) is 11.0. The van der Waals surface area contributed by atoms with Crippen molar-refractivity contribution >= 4 is 81.5 Å². The van der Waals surface area contributed by atoms with Crippen LogP contribution in [-0.2, 0) is 18.0 Å². The van der Waals surface area contributed by atoms with E-state index >= 15 is 0 Å². The van der Waals surface area contributed by atoms with Crippen molar-refractivity contribution in [3.8, 4) is 0 Å². The van der Waals surface area contributed by atoms with E-state index in [2.05, 4.69) is 8.37 Å². The fraction of sp³-hybridized carbons (Fsp3) is 0. The topological polar surface area (TPSA) is 169 Å². The monoisotopic (exact) mass is 359 g/mol. The highest BCUT2D eigenvalue weighted by molar-refractivity contribution is 8.08. The number of hydrogen-bond acceptors (Lipinski definition) is 10.